The van der Waals surface area contributed by atoms with Gasteiger partial charge in [-0.1, -0.05) is 41.4 Å². The van der Waals surface area contributed by atoms with Crippen LogP contribution in [0.5, 0.6) is 5.75 Å². The van der Waals surface area contributed by atoms with E-state index < -0.39 is 17.2 Å². The lowest BCUT2D eigenvalue weighted by molar-refractivity contribution is -0.138. The van der Waals surface area contributed by atoms with Crippen molar-refractivity contribution in [3.8, 4) is 5.75 Å². The van der Waals surface area contributed by atoms with Crippen LogP contribution in [0.2, 0.25) is 10.0 Å². The number of amides is 2. The first kappa shape index (κ1) is 20.1. The zero-order valence-electron chi connectivity index (χ0n) is 14.7. The first-order valence-corrected chi connectivity index (χ1v) is 8.68. The van der Waals surface area contributed by atoms with Gasteiger partial charge in [0, 0.05) is 17.1 Å². The van der Waals surface area contributed by atoms with Crippen molar-refractivity contribution in [2.45, 2.75) is 20.4 Å². The number of hydrogen-bond donors (Lipinski definition) is 2. The Hall–Kier alpha value is -2.24. The molecule has 0 fully saturated rings. The fourth-order valence-electron chi connectivity index (χ4n) is 2.22. The van der Waals surface area contributed by atoms with Gasteiger partial charge in [0.15, 0.2) is 0 Å². The highest BCUT2D eigenvalue weighted by molar-refractivity contribution is 6.36. The third-order valence-corrected chi connectivity index (χ3v) is 4.49. The summed E-state index contributed by atoms with van der Waals surface area (Å²) in [7, 11) is 1.56. The van der Waals surface area contributed by atoms with E-state index in [1.807, 2.05) is 24.3 Å². The molecule has 0 aromatic heterocycles. The molecule has 0 saturated carbocycles. The number of para-hydroxylation sites is 1. The lowest BCUT2D eigenvalue weighted by Crippen LogP contribution is -2.44. The van der Waals surface area contributed by atoms with E-state index in [4.69, 9.17) is 27.9 Å². The molecule has 7 heteroatoms. The molecule has 138 valence electrons. The average Bonchev–Trinajstić information content (AvgIpc) is 2.61. The summed E-state index contributed by atoms with van der Waals surface area (Å²) >= 11 is 11.9. The van der Waals surface area contributed by atoms with Crippen LogP contribution in [0.3, 0.4) is 0 Å². The number of rotatable bonds is 6. The van der Waals surface area contributed by atoms with Crippen LogP contribution in [0.25, 0.3) is 0 Å². The van der Waals surface area contributed by atoms with Crippen LogP contribution in [0.15, 0.2) is 42.5 Å². The summed E-state index contributed by atoms with van der Waals surface area (Å²) in [6.45, 7) is 3.34. The van der Waals surface area contributed by atoms with Gasteiger partial charge in [-0.25, -0.2) is 0 Å². The summed E-state index contributed by atoms with van der Waals surface area (Å²) in [5.74, 6) is -0.215. The minimum atomic E-state index is -1.30. The van der Waals surface area contributed by atoms with Gasteiger partial charge in [0.25, 0.3) is 0 Å². The topological polar surface area (TPSA) is 67.4 Å². The van der Waals surface area contributed by atoms with Crippen LogP contribution < -0.4 is 15.4 Å². The molecular weight excluding hydrogens is 375 g/mol. The number of ether oxygens (including phenoxy) is 1. The van der Waals surface area contributed by atoms with Gasteiger partial charge in [0.1, 0.15) is 11.2 Å². The molecule has 0 aliphatic carbocycles. The molecular formula is C19H20Cl2N2O3. The van der Waals surface area contributed by atoms with Crippen molar-refractivity contribution in [1.82, 2.24) is 5.32 Å². The molecule has 0 saturated heterocycles. The molecule has 0 atom stereocenters. The molecule has 2 amide bonds. The highest BCUT2D eigenvalue weighted by Crippen LogP contribution is 2.27. The summed E-state index contributed by atoms with van der Waals surface area (Å²) in [5, 5.41) is 6.20. The van der Waals surface area contributed by atoms with Gasteiger partial charge in [-0.3, -0.25) is 9.59 Å². The Bertz CT molecular complexity index is 822. The predicted octanol–water partition coefficient (Wildman–Crippen LogP) is 4.28. The number of carbonyl (C=O) groups is 2. The van der Waals surface area contributed by atoms with E-state index in [2.05, 4.69) is 10.6 Å². The standard InChI is InChI=1S/C19H20Cl2N2O3/c1-19(2,18(25)23-15-9-8-13(20)10-14(15)21)17(24)22-11-12-6-4-5-7-16(12)26-3/h4-10H,11H2,1-3H3,(H,22,24)(H,23,25). The maximum atomic E-state index is 12.6. The monoisotopic (exact) mass is 394 g/mol. The Morgan fingerprint density at radius 2 is 1.77 bits per heavy atom. The summed E-state index contributed by atoms with van der Waals surface area (Å²) in [4.78, 5) is 25.1. The highest BCUT2D eigenvalue weighted by atomic mass is 35.5. The van der Waals surface area contributed by atoms with Gasteiger partial charge in [0.05, 0.1) is 17.8 Å². The predicted molar refractivity (Wildman–Crippen MR) is 104 cm³/mol. The number of halogens is 2. The Kier molecular flexibility index (Phi) is 6.51. The first-order valence-electron chi connectivity index (χ1n) is 7.92. The second-order valence-electron chi connectivity index (χ2n) is 6.20. The number of benzene rings is 2. The Labute approximate surface area is 162 Å². The minimum absolute atomic E-state index is 0.251. The number of anilines is 1. The van der Waals surface area contributed by atoms with E-state index >= 15 is 0 Å². The maximum Gasteiger partial charge on any atom is 0.239 e. The fraction of sp³-hybridized carbons (Fsp3) is 0.263. The summed E-state index contributed by atoms with van der Waals surface area (Å²) < 4.78 is 5.26. The lowest BCUT2D eigenvalue weighted by Gasteiger charge is -2.23. The van der Waals surface area contributed by atoms with Crippen molar-refractivity contribution in [1.29, 1.82) is 0 Å². The Morgan fingerprint density at radius 1 is 1.08 bits per heavy atom. The SMILES string of the molecule is COc1ccccc1CNC(=O)C(C)(C)C(=O)Nc1ccc(Cl)cc1Cl. The molecule has 26 heavy (non-hydrogen) atoms. The molecule has 2 rings (SSSR count). The summed E-state index contributed by atoms with van der Waals surface area (Å²) in [5.41, 5.74) is -0.0858. The number of methoxy groups -OCH3 is 1. The van der Waals surface area contributed by atoms with Gasteiger partial charge in [-0.15, -0.1) is 0 Å². The minimum Gasteiger partial charge on any atom is -0.496 e. The van der Waals surface area contributed by atoms with Gasteiger partial charge in [0.2, 0.25) is 11.8 Å². The van der Waals surface area contributed by atoms with Gasteiger partial charge < -0.3 is 15.4 Å². The Balaban J connectivity index is 2.05. The molecule has 0 unspecified atom stereocenters. The zero-order chi connectivity index (χ0) is 19.3. The van der Waals surface area contributed by atoms with E-state index in [-0.39, 0.29) is 6.54 Å². The maximum absolute atomic E-state index is 12.6. The van der Waals surface area contributed by atoms with Crippen LogP contribution >= 0.6 is 23.2 Å². The van der Waals surface area contributed by atoms with Crippen molar-refractivity contribution in [2.75, 3.05) is 12.4 Å². The molecule has 2 aromatic carbocycles. The van der Waals surface area contributed by atoms with E-state index in [0.29, 0.717) is 21.5 Å². The molecule has 0 heterocycles. The van der Waals surface area contributed by atoms with Gasteiger partial charge >= 0.3 is 0 Å². The smallest absolute Gasteiger partial charge is 0.239 e. The largest absolute Gasteiger partial charge is 0.496 e. The fourth-order valence-corrected chi connectivity index (χ4v) is 2.67. The Morgan fingerprint density at radius 3 is 2.42 bits per heavy atom. The molecule has 0 spiro atoms. The average molecular weight is 395 g/mol. The van der Waals surface area contributed by atoms with Crippen LogP contribution in [0.4, 0.5) is 5.69 Å². The molecule has 5 nitrogen and oxygen atoms in total. The molecule has 0 aliphatic rings. The molecule has 2 N–H and O–H groups in total. The number of nitrogens with one attached hydrogen (secondary N) is 2. The van der Waals surface area contributed by atoms with Crippen LogP contribution in [0.1, 0.15) is 19.4 Å². The van der Waals surface area contributed by atoms with Crippen molar-refractivity contribution in [3.05, 3.63) is 58.1 Å². The molecule has 0 aliphatic heterocycles. The van der Waals surface area contributed by atoms with Crippen LogP contribution in [0, 0.1) is 5.41 Å². The van der Waals surface area contributed by atoms with Crippen LogP contribution in [-0.4, -0.2) is 18.9 Å². The van der Waals surface area contributed by atoms with Gasteiger partial charge in [-0.2, -0.15) is 0 Å². The van der Waals surface area contributed by atoms with E-state index in [0.717, 1.165) is 5.56 Å². The third kappa shape index (κ3) is 4.68. The van der Waals surface area contributed by atoms with E-state index in [9.17, 15) is 9.59 Å². The van der Waals surface area contributed by atoms with Crippen molar-refractivity contribution < 1.29 is 14.3 Å². The normalized spacial score (nSPS) is 11.0. The number of hydrogen-bond acceptors (Lipinski definition) is 3. The molecule has 0 radical (unpaired) electrons. The second-order valence-corrected chi connectivity index (χ2v) is 7.04. The highest BCUT2D eigenvalue weighted by Gasteiger charge is 2.36. The zero-order valence-corrected chi connectivity index (χ0v) is 16.2. The van der Waals surface area contributed by atoms with Gasteiger partial charge in [-0.05, 0) is 38.1 Å². The summed E-state index contributed by atoms with van der Waals surface area (Å²) in [6.07, 6.45) is 0. The summed E-state index contributed by atoms with van der Waals surface area (Å²) in [6, 6.07) is 12.1. The molecule has 2 aromatic rings. The lowest BCUT2D eigenvalue weighted by atomic mass is 9.90. The first-order chi connectivity index (χ1) is 12.3. The van der Waals surface area contributed by atoms with Crippen molar-refractivity contribution >= 4 is 40.7 Å². The molecule has 0 bridgehead atoms. The third-order valence-electron chi connectivity index (χ3n) is 3.95. The van der Waals surface area contributed by atoms with Crippen molar-refractivity contribution in [2.24, 2.45) is 5.41 Å². The number of carbonyl (C=O) groups excluding carboxylic acids is 2. The second kappa shape index (κ2) is 8.43. The quantitative estimate of drug-likeness (QED) is 0.718. The van der Waals surface area contributed by atoms with Crippen molar-refractivity contribution in [3.63, 3.8) is 0 Å². The van der Waals surface area contributed by atoms with E-state index in [1.54, 1.807) is 33.1 Å². The van der Waals surface area contributed by atoms with Crippen LogP contribution in [-0.2, 0) is 16.1 Å². The van der Waals surface area contributed by atoms with E-state index in [1.165, 1.54) is 6.07 Å².